The topological polar surface area (TPSA) is 78.9 Å². The van der Waals surface area contributed by atoms with Crippen LogP contribution in [-0.4, -0.2) is 37.2 Å². The lowest BCUT2D eigenvalue weighted by Crippen LogP contribution is -2.30. The van der Waals surface area contributed by atoms with Crippen LogP contribution in [0.4, 0.5) is 0 Å². The minimum absolute atomic E-state index is 0.124. The first-order chi connectivity index (χ1) is 33.5. The molecule has 0 bridgehead atoms. The van der Waals surface area contributed by atoms with Crippen LogP contribution in [0.1, 0.15) is 233 Å². The van der Waals surface area contributed by atoms with Gasteiger partial charge in [0.05, 0.1) is 0 Å². The molecule has 0 aromatic rings. The molecule has 0 rings (SSSR count). The van der Waals surface area contributed by atoms with Crippen molar-refractivity contribution in [3.8, 4) is 0 Å². The Kier molecular flexibility index (Phi) is 52.0. The summed E-state index contributed by atoms with van der Waals surface area (Å²) in [5.41, 5.74) is 0. The molecule has 68 heavy (non-hydrogen) atoms. The van der Waals surface area contributed by atoms with Crippen LogP contribution < -0.4 is 0 Å². The maximum Gasteiger partial charge on any atom is 0.306 e. The van der Waals surface area contributed by atoms with Crippen molar-refractivity contribution in [1.82, 2.24) is 0 Å². The third-order valence-corrected chi connectivity index (χ3v) is 11.2. The number of allylic oxidation sites excluding steroid dienone is 20. The number of esters is 3. The van der Waals surface area contributed by atoms with Crippen LogP contribution in [0.5, 0.6) is 0 Å². The summed E-state index contributed by atoms with van der Waals surface area (Å²) in [6.07, 6.45) is 76.3. The molecule has 6 heteroatoms. The van der Waals surface area contributed by atoms with Crippen LogP contribution in [0, 0.1) is 0 Å². The van der Waals surface area contributed by atoms with Crippen molar-refractivity contribution in [2.45, 2.75) is 239 Å². The van der Waals surface area contributed by atoms with Crippen molar-refractivity contribution in [3.05, 3.63) is 122 Å². The van der Waals surface area contributed by atoms with E-state index in [1.165, 1.54) is 96.3 Å². The van der Waals surface area contributed by atoms with Gasteiger partial charge in [-0.05, 0) is 96.3 Å². The van der Waals surface area contributed by atoms with Crippen LogP contribution in [-0.2, 0) is 28.6 Å². The van der Waals surface area contributed by atoms with Crippen LogP contribution in [0.15, 0.2) is 122 Å². The molecule has 0 heterocycles. The average Bonchev–Trinajstić information content (AvgIpc) is 3.34. The highest BCUT2D eigenvalue weighted by atomic mass is 16.6. The third-order valence-electron chi connectivity index (χ3n) is 11.2. The van der Waals surface area contributed by atoms with Gasteiger partial charge < -0.3 is 14.2 Å². The minimum atomic E-state index is -0.839. The van der Waals surface area contributed by atoms with Gasteiger partial charge in [0.1, 0.15) is 13.2 Å². The smallest absolute Gasteiger partial charge is 0.306 e. The van der Waals surface area contributed by atoms with Gasteiger partial charge in [0.15, 0.2) is 6.10 Å². The van der Waals surface area contributed by atoms with E-state index in [-0.39, 0.29) is 44.0 Å². The molecule has 0 amide bonds. The summed E-state index contributed by atoms with van der Waals surface area (Å²) in [4.78, 5) is 38.0. The maximum atomic E-state index is 12.8. The van der Waals surface area contributed by atoms with E-state index in [0.717, 1.165) is 83.5 Å². The fourth-order valence-electron chi connectivity index (χ4n) is 7.11. The molecule has 0 unspecified atom stereocenters. The fraction of sp³-hybridized carbons (Fsp3) is 0.629. The van der Waals surface area contributed by atoms with E-state index < -0.39 is 6.10 Å². The molecule has 0 aliphatic carbocycles. The highest BCUT2D eigenvalue weighted by molar-refractivity contribution is 5.71. The average molecular weight is 941 g/mol. The number of ether oxygens (including phenoxy) is 3. The molecule has 0 N–H and O–H groups in total. The molecule has 0 aromatic carbocycles. The summed E-state index contributed by atoms with van der Waals surface area (Å²) < 4.78 is 16.7. The first-order valence-electron chi connectivity index (χ1n) is 27.5. The largest absolute Gasteiger partial charge is 0.462 e. The maximum absolute atomic E-state index is 12.8. The molecule has 0 aromatic heterocycles. The Morgan fingerprint density at radius 1 is 0.309 bits per heavy atom. The lowest BCUT2D eigenvalue weighted by molar-refractivity contribution is -0.166. The number of unbranched alkanes of at least 4 members (excludes halogenated alkanes) is 17. The lowest BCUT2D eigenvalue weighted by Gasteiger charge is -2.18. The van der Waals surface area contributed by atoms with E-state index in [0.29, 0.717) is 19.3 Å². The highest BCUT2D eigenvalue weighted by Crippen LogP contribution is 2.14. The van der Waals surface area contributed by atoms with Crippen molar-refractivity contribution in [1.29, 1.82) is 0 Å². The second-order valence-electron chi connectivity index (χ2n) is 17.8. The third kappa shape index (κ3) is 52.8. The first-order valence-corrected chi connectivity index (χ1v) is 27.5. The number of carbonyl (C=O) groups is 3. The molecule has 0 fully saturated rings. The van der Waals surface area contributed by atoms with Gasteiger partial charge >= 0.3 is 17.9 Å². The predicted molar refractivity (Wildman–Crippen MR) is 293 cm³/mol. The van der Waals surface area contributed by atoms with Gasteiger partial charge in [-0.15, -0.1) is 0 Å². The molecule has 0 spiro atoms. The van der Waals surface area contributed by atoms with Crippen molar-refractivity contribution >= 4 is 17.9 Å². The normalized spacial score (nSPS) is 13.0. The highest BCUT2D eigenvalue weighted by Gasteiger charge is 2.19. The first kappa shape index (κ1) is 63.8. The van der Waals surface area contributed by atoms with Gasteiger partial charge in [-0.2, -0.15) is 0 Å². The Bertz CT molecular complexity index is 1450. The van der Waals surface area contributed by atoms with Crippen molar-refractivity contribution in [3.63, 3.8) is 0 Å². The van der Waals surface area contributed by atoms with Gasteiger partial charge in [0.25, 0.3) is 0 Å². The SMILES string of the molecule is CC/C=C/C/C=C/C/C=C/C/C=C/C/C=C/C/C=C/CCC(=O)OC[C@@H](COC(=O)CCCCCCCCCCCCCCCC)OC(=O)CCC/C=C/C/C=C/C/C=C/C/C=C/CCCCC. The number of rotatable bonds is 48. The number of hydrogen-bond donors (Lipinski definition) is 0. The standard InChI is InChI=1S/C62H100O6/c1-4-7-10-13-16-19-22-25-28-30-31-33-34-37-40-43-46-49-52-55-61(64)67-58-59(57-66-60(63)54-51-48-45-42-39-36-27-24-21-18-15-12-9-6-3)68-62(65)56-53-50-47-44-41-38-35-32-29-26-23-20-17-14-11-8-5-2/h7,10,16-17,19-20,25-26,28-29,31,33,35,37-38,40,44,46-47,49,59H,4-6,8-9,11-15,18,21-24,27,30,32,34,36,39,41-43,45,48,50-58H2,1-3H3/b10-7+,19-16+,20-17+,28-25+,29-26+,33-31+,38-35+,40-37+,47-44+,49-46+/t59-/m1/s1. The summed E-state index contributed by atoms with van der Waals surface area (Å²) in [6.45, 7) is 6.38. The summed E-state index contributed by atoms with van der Waals surface area (Å²) >= 11 is 0. The van der Waals surface area contributed by atoms with Gasteiger partial charge in [0.2, 0.25) is 0 Å². The van der Waals surface area contributed by atoms with Crippen molar-refractivity contribution in [2.24, 2.45) is 0 Å². The second-order valence-corrected chi connectivity index (χ2v) is 17.8. The van der Waals surface area contributed by atoms with Gasteiger partial charge in [-0.1, -0.05) is 239 Å². The van der Waals surface area contributed by atoms with Crippen LogP contribution in [0.3, 0.4) is 0 Å². The molecule has 384 valence electrons. The second kappa shape index (κ2) is 55.4. The Balaban J connectivity index is 4.60. The van der Waals surface area contributed by atoms with Gasteiger partial charge in [-0.3, -0.25) is 14.4 Å². The number of carbonyl (C=O) groups excluding carboxylic acids is 3. The van der Waals surface area contributed by atoms with Crippen molar-refractivity contribution in [2.75, 3.05) is 13.2 Å². The molecule has 1 atom stereocenters. The Hall–Kier alpha value is -4.19. The van der Waals surface area contributed by atoms with E-state index >= 15 is 0 Å². The summed E-state index contributed by atoms with van der Waals surface area (Å²) in [7, 11) is 0. The van der Waals surface area contributed by atoms with E-state index in [4.69, 9.17) is 14.2 Å². The zero-order valence-electron chi connectivity index (χ0n) is 43.8. The van der Waals surface area contributed by atoms with Crippen LogP contribution in [0.25, 0.3) is 0 Å². The molecule has 0 saturated heterocycles. The van der Waals surface area contributed by atoms with E-state index in [2.05, 4.69) is 130 Å². The lowest BCUT2D eigenvalue weighted by atomic mass is 10.0. The quantitative estimate of drug-likeness (QED) is 0.0262. The summed E-state index contributed by atoms with van der Waals surface area (Å²) in [6, 6.07) is 0. The molecule has 6 nitrogen and oxygen atoms in total. The zero-order valence-corrected chi connectivity index (χ0v) is 43.8. The predicted octanol–water partition coefficient (Wildman–Crippen LogP) is 18.5. The van der Waals surface area contributed by atoms with E-state index in [9.17, 15) is 14.4 Å². The number of hydrogen-bond acceptors (Lipinski definition) is 6. The molecular formula is C62H100O6. The fourth-order valence-corrected chi connectivity index (χ4v) is 7.11. The molecule has 0 aliphatic rings. The molecule has 0 aliphatic heterocycles. The summed E-state index contributed by atoms with van der Waals surface area (Å²) in [5.74, 6) is -1.07. The zero-order chi connectivity index (χ0) is 49.3. The van der Waals surface area contributed by atoms with Crippen LogP contribution >= 0.6 is 0 Å². The van der Waals surface area contributed by atoms with Gasteiger partial charge in [0, 0.05) is 19.3 Å². The monoisotopic (exact) mass is 941 g/mol. The Morgan fingerprint density at radius 2 is 0.618 bits per heavy atom. The minimum Gasteiger partial charge on any atom is -0.462 e. The van der Waals surface area contributed by atoms with Crippen LogP contribution in [0.2, 0.25) is 0 Å². The Labute approximate surface area is 418 Å². The Morgan fingerprint density at radius 3 is 1.03 bits per heavy atom. The summed E-state index contributed by atoms with van der Waals surface area (Å²) in [5, 5.41) is 0. The van der Waals surface area contributed by atoms with E-state index in [1.807, 2.05) is 12.2 Å². The molecule has 0 radical (unpaired) electrons. The van der Waals surface area contributed by atoms with E-state index in [1.54, 1.807) is 0 Å². The van der Waals surface area contributed by atoms with Gasteiger partial charge in [-0.25, -0.2) is 0 Å². The molecular weight excluding hydrogens is 841 g/mol. The molecule has 0 saturated carbocycles. The van der Waals surface area contributed by atoms with Crippen molar-refractivity contribution < 1.29 is 28.6 Å².